The first-order chi connectivity index (χ1) is 15.4. The van der Waals surface area contributed by atoms with Gasteiger partial charge in [-0.05, 0) is 47.5 Å². The molecule has 0 spiro atoms. The molecule has 0 atom stereocenters. The fraction of sp³-hybridized carbons (Fsp3) is 0.0714. The summed E-state index contributed by atoms with van der Waals surface area (Å²) in [5.74, 6) is 0. The van der Waals surface area contributed by atoms with Crippen LogP contribution in [0.25, 0.3) is 0 Å². The third-order valence-electron chi connectivity index (χ3n) is 6.29. The van der Waals surface area contributed by atoms with Gasteiger partial charge in [-0.2, -0.15) is 0 Å². The van der Waals surface area contributed by atoms with Crippen LogP contribution in [0.15, 0.2) is 107 Å². The predicted octanol–water partition coefficient (Wildman–Crippen LogP) is 4.50. The smallest absolute Gasteiger partial charge is 0.147 e. The Morgan fingerprint density at radius 2 is 1.26 bits per heavy atom. The molecule has 0 amide bonds. The molecule has 148 valence electrons. The molecule has 4 aromatic rings. The van der Waals surface area contributed by atoms with E-state index >= 15 is 0 Å². The van der Waals surface area contributed by atoms with E-state index in [1.807, 2.05) is 0 Å². The number of hydrogen-bond acceptors (Lipinski definition) is 2. The van der Waals surface area contributed by atoms with Crippen molar-refractivity contribution in [3.8, 4) is 0 Å². The molecule has 2 aliphatic rings. The van der Waals surface area contributed by atoms with Gasteiger partial charge in [0.05, 0.1) is 6.54 Å². The molecule has 0 radical (unpaired) electrons. The van der Waals surface area contributed by atoms with Crippen molar-refractivity contribution in [2.75, 3.05) is 0 Å². The summed E-state index contributed by atoms with van der Waals surface area (Å²) in [6.07, 6.45) is 5.04. The Morgan fingerprint density at radius 3 is 1.97 bits per heavy atom. The van der Waals surface area contributed by atoms with Gasteiger partial charge in [0.25, 0.3) is 0 Å². The zero-order chi connectivity index (χ0) is 20.7. The summed E-state index contributed by atoms with van der Waals surface area (Å²) < 4.78 is 0. The van der Waals surface area contributed by atoms with Gasteiger partial charge in [-0.1, -0.05) is 60.7 Å². The molecule has 3 heteroatoms. The fourth-order valence-corrected chi connectivity index (χ4v) is 9.56. The van der Waals surface area contributed by atoms with Gasteiger partial charge in [-0.15, -0.1) is 0 Å². The van der Waals surface area contributed by atoms with Gasteiger partial charge in [-0.3, -0.25) is 9.98 Å². The molecular formula is C28H22N2P+. The number of aliphatic imine (C=N–C) groups is 2. The van der Waals surface area contributed by atoms with Crippen LogP contribution in [0.2, 0.25) is 0 Å². The highest BCUT2D eigenvalue weighted by molar-refractivity contribution is 8.01. The van der Waals surface area contributed by atoms with E-state index in [-0.39, 0.29) is 0 Å². The minimum atomic E-state index is -2.19. The SMILES string of the molecule is C1=NCc2cccc([P+](c3ccccc3)(c3ccccc3)c3cccc4c3N=CC4)c21. The highest BCUT2D eigenvalue weighted by Gasteiger charge is 2.51. The number of para-hydroxylation sites is 1. The maximum absolute atomic E-state index is 4.90. The van der Waals surface area contributed by atoms with Crippen molar-refractivity contribution < 1.29 is 0 Å². The molecule has 0 saturated heterocycles. The van der Waals surface area contributed by atoms with Crippen molar-refractivity contribution >= 4 is 46.6 Å². The normalized spacial score (nSPS) is 13.9. The Labute approximate surface area is 183 Å². The van der Waals surface area contributed by atoms with E-state index in [1.165, 1.54) is 37.9 Å². The second-order valence-corrected chi connectivity index (χ2v) is 11.3. The van der Waals surface area contributed by atoms with Crippen molar-refractivity contribution in [3.05, 3.63) is 114 Å². The van der Waals surface area contributed by atoms with Gasteiger partial charge in [-0.25, -0.2) is 0 Å². The lowest BCUT2D eigenvalue weighted by Crippen LogP contribution is -2.40. The molecule has 6 rings (SSSR count). The molecule has 0 bridgehead atoms. The van der Waals surface area contributed by atoms with Gasteiger partial charge in [0.1, 0.15) is 34.2 Å². The number of benzene rings is 4. The van der Waals surface area contributed by atoms with Crippen LogP contribution in [-0.2, 0) is 13.0 Å². The van der Waals surface area contributed by atoms with Gasteiger partial charge < -0.3 is 0 Å². The minimum Gasteiger partial charge on any atom is -0.288 e. The molecule has 0 aliphatic carbocycles. The Hall–Kier alpha value is -3.35. The van der Waals surface area contributed by atoms with E-state index in [2.05, 4.69) is 114 Å². The molecule has 4 aromatic carbocycles. The number of nitrogens with zero attached hydrogens (tertiary/aromatic N) is 2. The van der Waals surface area contributed by atoms with E-state index in [0.29, 0.717) is 0 Å². The third kappa shape index (κ3) is 2.76. The van der Waals surface area contributed by atoms with E-state index in [1.54, 1.807) is 0 Å². The quantitative estimate of drug-likeness (QED) is 0.437. The lowest BCUT2D eigenvalue weighted by Gasteiger charge is -2.29. The second kappa shape index (κ2) is 7.41. The molecule has 2 nitrogen and oxygen atoms in total. The van der Waals surface area contributed by atoms with Gasteiger partial charge >= 0.3 is 0 Å². The second-order valence-electron chi connectivity index (χ2n) is 7.96. The Morgan fingerprint density at radius 1 is 0.613 bits per heavy atom. The van der Waals surface area contributed by atoms with Gasteiger partial charge in [0.15, 0.2) is 0 Å². The van der Waals surface area contributed by atoms with Crippen LogP contribution in [0.3, 0.4) is 0 Å². The van der Waals surface area contributed by atoms with Crippen molar-refractivity contribution in [3.63, 3.8) is 0 Å². The Bertz CT molecular complexity index is 1220. The number of rotatable bonds is 4. The third-order valence-corrected chi connectivity index (χ3v) is 10.6. The van der Waals surface area contributed by atoms with Gasteiger partial charge in [0, 0.05) is 24.4 Å². The highest BCUT2D eigenvalue weighted by Crippen LogP contribution is 2.57. The van der Waals surface area contributed by atoms with Crippen LogP contribution in [0.5, 0.6) is 0 Å². The average Bonchev–Trinajstić information content (AvgIpc) is 3.51. The molecule has 2 heterocycles. The summed E-state index contributed by atoms with van der Waals surface area (Å²) in [7, 11) is -2.19. The summed E-state index contributed by atoms with van der Waals surface area (Å²) in [6.45, 7) is 0.762. The first kappa shape index (κ1) is 18.4. The van der Waals surface area contributed by atoms with Crippen LogP contribution < -0.4 is 21.2 Å². The molecule has 31 heavy (non-hydrogen) atoms. The molecule has 2 aliphatic heterocycles. The predicted molar refractivity (Wildman–Crippen MR) is 134 cm³/mol. The molecule has 0 N–H and O–H groups in total. The summed E-state index contributed by atoms with van der Waals surface area (Å²) in [5.41, 5.74) is 5.05. The van der Waals surface area contributed by atoms with E-state index in [0.717, 1.165) is 18.7 Å². The zero-order valence-corrected chi connectivity index (χ0v) is 18.0. The molecule has 0 aromatic heterocycles. The summed E-state index contributed by atoms with van der Waals surface area (Å²) in [6, 6.07) is 35.5. The molecule has 0 saturated carbocycles. The Balaban J connectivity index is 1.81. The number of hydrogen-bond donors (Lipinski definition) is 0. The maximum atomic E-state index is 4.90. The molecular weight excluding hydrogens is 395 g/mol. The maximum Gasteiger partial charge on any atom is 0.147 e. The minimum absolute atomic E-state index is 0.762. The van der Waals surface area contributed by atoms with Crippen LogP contribution >= 0.6 is 7.26 Å². The van der Waals surface area contributed by atoms with Crippen LogP contribution in [0, 0.1) is 0 Å². The summed E-state index contributed by atoms with van der Waals surface area (Å²) in [5, 5.41) is 5.42. The van der Waals surface area contributed by atoms with Crippen LogP contribution in [0.1, 0.15) is 16.7 Å². The van der Waals surface area contributed by atoms with Crippen molar-refractivity contribution in [1.29, 1.82) is 0 Å². The van der Waals surface area contributed by atoms with E-state index in [4.69, 9.17) is 4.99 Å². The first-order valence-corrected chi connectivity index (χ1v) is 12.5. The largest absolute Gasteiger partial charge is 0.288 e. The highest BCUT2D eigenvalue weighted by atomic mass is 31.2. The molecule has 0 unspecified atom stereocenters. The fourth-order valence-electron chi connectivity index (χ4n) is 4.95. The topological polar surface area (TPSA) is 24.7 Å². The van der Waals surface area contributed by atoms with Crippen molar-refractivity contribution in [2.24, 2.45) is 9.98 Å². The van der Waals surface area contributed by atoms with Crippen LogP contribution in [-0.4, -0.2) is 12.4 Å². The number of fused-ring (bicyclic) bond motifs is 2. The van der Waals surface area contributed by atoms with Gasteiger partial charge in [0.2, 0.25) is 0 Å². The molecule has 0 fully saturated rings. The van der Waals surface area contributed by atoms with E-state index in [9.17, 15) is 0 Å². The van der Waals surface area contributed by atoms with Crippen molar-refractivity contribution in [2.45, 2.75) is 13.0 Å². The van der Waals surface area contributed by atoms with E-state index < -0.39 is 7.26 Å². The van der Waals surface area contributed by atoms with Crippen LogP contribution in [0.4, 0.5) is 5.69 Å². The average molecular weight is 417 g/mol. The summed E-state index contributed by atoms with van der Waals surface area (Å²) in [4.78, 5) is 9.55. The zero-order valence-electron chi connectivity index (χ0n) is 17.1. The van der Waals surface area contributed by atoms with Crippen molar-refractivity contribution in [1.82, 2.24) is 0 Å². The summed E-state index contributed by atoms with van der Waals surface area (Å²) >= 11 is 0. The Kier molecular flexibility index (Phi) is 4.40. The first-order valence-electron chi connectivity index (χ1n) is 10.7. The lowest BCUT2D eigenvalue weighted by molar-refractivity contribution is 1.11. The monoisotopic (exact) mass is 417 g/mol. The lowest BCUT2D eigenvalue weighted by atomic mass is 10.1. The standard InChI is InChI=1S/C28H22N2P/c1-3-11-23(12-4-1)31(24-13-5-2-6-14-24,26-15-8-10-22-19-29-20-25(22)26)27-16-7-9-21-17-18-30-28(21)27/h1-16,18,20H,17,19H2/q+1.